The minimum atomic E-state index is -0.0858. The maximum absolute atomic E-state index is 11.4. The smallest absolute Gasteiger partial charge is 0.220 e. The SMILES string of the molecule is CCCCCCCCCCCCCCCC(CCCC)C(N)=O. The highest BCUT2D eigenvalue weighted by Gasteiger charge is 2.13. The van der Waals surface area contributed by atoms with Gasteiger partial charge in [0, 0.05) is 5.92 Å². The van der Waals surface area contributed by atoms with Gasteiger partial charge in [-0.15, -0.1) is 0 Å². The summed E-state index contributed by atoms with van der Waals surface area (Å²) in [4.78, 5) is 11.4. The highest BCUT2D eigenvalue weighted by molar-refractivity contribution is 5.76. The van der Waals surface area contributed by atoms with Crippen LogP contribution in [0.4, 0.5) is 0 Å². The van der Waals surface area contributed by atoms with Crippen LogP contribution in [-0.2, 0) is 4.79 Å². The number of nitrogens with two attached hydrogens (primary N) is 1. The molecule has 0 radical (unpaired) electrons. The summed E-state index contributed by atoms with van der Waals surface area (Å²) in [6.45, 7) is 4.45. The molecule has 0 rings (SSSR count). The van der Waals surface area contributed by atoms with Crippen LogP contribution in [0.5, 0.6) is 0 Å². The van der Waals surface area contributed by atoms with E-state index < -0.39 is 0 Å². The predicted octanol–water partition coefficient (Wildman–Crippen LogP) is 6.76. The molecule has 0 aliphatic rings. The summed E-state index contributed by atoms with van der Waals surface area (Å²) in [5.41, 5.74) is 5.49. The van der Waals surface area contributed by atoms with Crippen molar-refractivity contribution in [3.05, 3.63) is 0 Å². The first-order valence-electron chi connectivity index (χ1n) is 10.5. The molecule has 2 heteroatoms. The Bertz CT molecular complexity index is 252. The Morgan fingerprint density at radius 3 is 1.35 bits per heavy atom. The number of carbonyl (C=O) groups is 1. The van der Waals surface area contributed by atoms with Gasteiger partial charge in [0.2, 0.25) is 5.91 Å². The van der Waals surface area contributed by atoms with Gasteiger partial charge in [0.1, 0.15) is 0 Å². The number of carbonyl (C=O) groups excluding carboxylic acids is 1. The summed E-state index contributed by atoms with van der Waals surface area (Å²) in [5, 5.41) is 0. The number of unbranched alkanes of at least 4 members (excludes halogenated alkanes) is 13. The van der Waals surface area contributed by atoms with Gasteiger partial charge in [-0.1, -0.05) is 110 Å². The Balaban J connectivity index is 3.27. The van der Waals surface area contributed by atoms with E-state index in [4.69, 9.17) is 5.73 Å². The number of amides is 1. The molecule has 0 saturated heterocycles. The molecule has 23 heavy (non-hydrogen) atoms. The third kappa shape index (κ3) is 16.1. The fourth-order valence-corrected chi connectivity index (χ4v) is 3.29. The van der Waals surface area contributed by atoms with Crippen molar-refractivity contribution in [1.29, 1.82) is 0 Å². The van der Waals surface area contributed by atoms with Gasteiger partial charge in [0.15, 0.2) is 0 Å². The van der Waals surface area contributed by atoms with Crippen molar-refractivity contribution in [3.8, 4) is 0 Å². The van der Waals surface area contributed by atoms with Crippen LogP contribution in [0.2, 0.25) is 0 Å². The first kappa shape index (κ1) is 22.5. The van der Waals surface area contributed by atoms with E-state index in [0.29, 0.717) is 0 Å². The van der Waals surface area contributed by atoms with E-state index >= 15 is 0 Å². The Labute approximate surface area is 146 Å². The third-order valence-corrected chi connectivity index (χ3v) is 4.96. The van der Waals surface area contributed by atoms with Crippen LogP contribution >= 0.6 is 0 Å². The standard InChI is InChI=1S/C21H43NO/c1-3-5-7-8-9-10-11-12-13-14-15-16-17-19-20(21(22)23)18-6-4-2/h20H,3-19H2,1-2H3,(H2,22,23). The van der Waals surface area contributed by atoms with Crippen LogP contribution < -0.4 is 5.73 Å². The van der Waals surface area contributed by atoms with Gasteiger partial charge in [0.25, 0.3) is 0 Å². The summed E-state index contributed by atoms with van der Waals surface area (Å²) in [6, 6.07) is 0. The first-order chi connectivity index (χ1) is 11.2. The average Bonchev–Trinajstić information content (AvgIpc) is 2.54. The zero-order chi connectivity index (χ0) is 17.2. The highest BCUT2D eigenvalue weighted by Crippen LogP contribution is 2.18. The fraction of sp³-hybridized carbons (Fsp3) is 0.952. The normalized spacial score (nSPS) is 12.4. The lowest BCUT2D eigenvalue weighted by Gasteiger charge is -2.12. The summed E-state index contributed by atoms with van der Waals surface area (Å²) in [7, 11) is 0. The minimum Gasteiger partial charge on any atom is -0.369 e. The first-order valence-corrected chi connectivity index (χ1v) is 10.5. The molecule has 1 unspecified atom stereocenters. The van der Waals surface area contributed by atoms with Crippen molar-refractivity contribution in [2.75, 3.05) is 0 Å². The van der Waals surface area contributed by atoms with E-state index in [2.05, 4.69) is 13.8 Å². The van der Waals surface area contributed by atoms with Gasteiger partial charge in [-0.25, -0.2) is 0 Å². The Kier molecular flexibility index (Phi) is 17.4. The predicted molar refractivity (Wildman–Crippen MR) is 103 cm³/mol. The van der Waals surface area contributed by atoms with Gasteiger partial charge in [-0.3, -0.25) is 4.79 Å². The quantitative estimate of drug-likeness (QED) is 0.278. The van der Waals surface area contributed by atoms with Crippen molar-refractivity contribution in [2.45, 2.75) is 123 Å². The van der Waals surface area contributed by atoms with Crippen LogP contribution in [0.1, 0.15) is 123 Å². The van der Waals surface area contributed by atoms with Crippen molar-refractivity contribution in [3.63, 3.8) is 0 Å². The lowest BCUT2D eigenvalue weighted by Crippen LogP contribution is -2.23. The molecule has 138 valence electrons. The van der Waals surface area contributed by atoms with E-state index in [1.165, 1.54) is 83.5 Å². The number of hydrogen-bond donors (Lipinski definition) is 1. The second-order valence-electron chi connectivity index (χ2n) is 7.27. The van der Waals surface area contributed by atoms with Crippen LogP contribution in [-0.4, -0.2) is 5.91 Å². The zero-order valence-electron chi connectivity index (χ0n) is 16.1. The largest absolute Gasteiger partial charge is 0.369 e. The summed E-state index contributed by atoms with van der Waals surface area (Å²) in [5.74, 6) is 0.0417. The van der Waals surface area contributed by atoms with Gasteiger partial charge < -0.3 is 5.73 Å². The van der Waals surface area contributed by atoms with Gasteiger partial charge >= 0.3 is 0 Å². The van der Waals surface area contributed by atoms with Crippen molar-refractivity contribution >= 4 is 5.91 Å². The van der Waals surface area contributed by atoms with Crippen LogP contribution in [0, 0.1) is 5.92 Å². The molecule has 0 aromatic carbocycles. The van der Waals surface area contributed by atoms with Crippen LogP contribution in [0.3, 0.4) is 0 Å². The maximum Gasteiger partial charge on any atom is 0.220 e. The Morgan fingerprint density at radius 2 is 0.957 bits per heavy atom. The molecule has 0 heterocycles. The Hall–Kier alpha value is -0.530. The van der Waals surface area contributed by atoms with Crippen LogP contribution in [0.15, 0.2) is 0 Å². The molecule has 2 nitrogen and oxygen atoms in total. The van der Waals surface area contributed by atoms with E-state index in [1.54, 1.807) is 0 Å². The van der Waals surface area contributed by atoms with Crippen molar-refractivity contribution in [1.82, 2.24) is 0 Å². The van der Waals surface area contributed by atoms with Crippen LogP contribution in [0.25, 0.3) is 0 Å². The minimum absolute atomic E-state index is 0.0858. The molecule has 0 bridgehead atoms. The molecule has 0 aliphatic heterocycles. The third-order valence-electron chi connectivity index (χ3n) is 4.96. The molecule has 0 aromatic heterocycles. The lowest BCUT2D eigenvalue weighted by molar-refractivity contribution is -0.122. The molecule has 0 aromatic rings. The van der Waals surface area contributed by atoms with Gasteiger partial charge in [-0.05, 0) is 12.8 Å². The second-order valence-corrected chi connectivity index (χ2v) is 7.27. The molecule has 1 amide bonds. The molecule has 2 N–H and O–H groups in total. The fourth-order valence-electron chi connectivity index (χ4n) is 3.29. The van der Waals surface area contributed by atoms with E-state index in [9.17, 15) is 4.79 Å². The average molecular weight is 326 g/mol. The molecule has 0 fully saturated rings. The summed E-state index contributed by atoms with van der Waals surface area (Å²) >= 11 is 0. The second kappa shape index (κ2) is 17.8. The van der Waals surface area contributed by atoms with E-state index in [-0.39, 0.29) is 11.8 Å². The van der Waals surface area contributed by atoms with E-state index in [0.717, 1.165) is 25.7 Å². The van der Waals surface area contributed by atoms with Crippen molar-refractivity contribution in [2.24, 2.45) is 11.7 Å². The lowest BCUT2D eigenvalue weighted by atomic mass is 9.94. The number of rotatable bonds is 18. The number of hydrogen-bond acceptors (Lipinski definition) is 1. The zero-order valence-corrected chi connectivity index (χ0v) is 16.1. The monoisotopic (exact) mass is 325 g/mol. The molecular formula is C21H43NO. The molecule has 0 saturated carbocycles. The van der Waals surface area contributed by atoms with Gasteiger partial charge in [0.05, 0.1) is 0 Å². The molecular weight excluding hydrogens is 282 g/mol. The number of primary amides is 1. The van der Waals surface area contributed by atoms with Gasteiger partial charge in [-0.2, -0.15) is 0 Å². The highest BCUT2D eigenvalue weighted by atomic mass is 16.1. The Morgan fingerprint density at radius 1 is 0.609 bits per heavy atom. The summed E-state index contributed by atoms with van der Waals surface area (Å²) < 4.78 is 0. The molecule has 0 aliphatic carbocycles. The summed E-state index contributed by atoms with van der Waals surface area (Å²) in [6.07, 6.45) is 22.1. The van der Waals surface area contributed by atoms with E-state index in [1.807, 2.05) is 0 Å². The van der Waals surface area contributed by atoms with Crippen molar-refractivity contribution < 1.29 is 4.79 Å². The maximum atomic E-state index is 11.4. The molecule has 0 spiro atoms. The molecule has 1 atom stereocenters. The topological polar surface area (TPSA) is 43.1 Å².